The van der Waals surface area contributed by atoms with Crippen LogP contribution in [0.2, 0.25) is 5.02 Å². The summed E-state index contributed by atoms with van der Waals surface area (Å²) in [5, 5.41) is 12.8. The standard InChI is InChI=1S/C31H32ClNO2/c1-3-33(4-2)22-23-35-30-20-16-28(17-21-30)31(34,27-14-18-29(32)19-15-27)26-12-10-25(11-13-26)24-8-6-5-7-9-24/h5-21,34H,3-4,22-23H2,1-2H3. The summed E-state index contributed by atoms with van der Waals surface area (Å²) < 4.78 is 5.96. The molecule has 4 rings (SSSR count). The van der Waals surface area contributed by atoms with E-state index in [1.807, 2.05) is 78.9 Å². The van der Waals surface area contributed by atoms with Gasteiger partial charge in [0.15, 0.2) is 0 Å². The van der Waals surface area contributed by atoms with Crippen molar-refractivity contribution in [2.75, 3.05) is 26.2 Å². The lowest BCUT2D eigenvalue weighted by Gasteiger charge is -2.30. The van der Waals surface area contributed by atoms with Crippen LogP contribution in [0.5, 0.6) is 5.75 Å². The largest absolute Gasteiger partial charge is 0.492 e. The zero-order chi connectivity index (χ0) is 24.7. The number of nitrogens with zero attached hydrogens (tertiary/aromatic N) is 1. The monoisotopic (exact) mass is 485 g/mol. The van der Waals surface area contributed by atoms with Crippen LogP contribution in [-0.4, -0.2) is 36.2 Å². The van der Waals surface area contributed by atoms with E-state index in [0.717, 1.165) is 53.2 Å². The van der Waals surface area contributed by atoms with E-state index in [9.17, 15) is 5.11 Å². The zero-order valence-corrected chi connectivity index (χ0v) is 21.1. The number of aliphatic hydroxyl groups is 1. The lowest BCUT2D eigenvalue weighted by Crippen LogP contribution is -2.29. The topological polar surface area (TPSA) is 32.7 Å². The molecule has 0 saturated carbocycles. The molecule has 4 aromatic rings. The summed E-state index contributed by atoms with van der Waals surface area (Å²) in [4.78, 5) is 2.33. The Morgan fingerprint density at radius 3 is 1.71 bits per heavy atom. The number of rotatable bonds is 10. The Labute approximate surface area is 213 Å². The predicted molar refractivity (Wildman–Crippen MR) is 145 cm³/mol. The average molecular weight is 486 g/mol. The van der Waals surface area contributed by atoms with Crippen molar-refractivity contribution in [2.45, 2.75) is 19.4 Å². The third-order valence-electron chi connectivity index (χ3n) is 6.51. The smallest absolute Gasteiger partial charge is 0.140 e. The van der Waals surface area contributed by atoms with Gasteiger partial charge in [0.1, 0.15) is 18.0 Å². The van der Waals surface area contributed by atoms with Gasteiger partial charge in [0.2, 0.25) is 0 Å². The molecular weight excluding hydrogens is 454 g/mol. The van der Waals surface area contributed by atoms with Crippen LogP contribution >= 0.6 is 11.6 Å². The van der Waals surface area contributed by atoms with Gasteiger partial charge < -0.3 is 14.7 Å². The van der Waals surface area contributed by atoms with Gasteiger partial charge in [-0.3, -0.25) is 0 Å². The van der Waals surface area contributed by atoms with Gasteiger partial charge in [0.25, 0.3) is 0 Å². The highest BCUT2D eigenvalue weighted by Gasteiger charge is 2.34. The summed E-state index contributed by atoms with van der Waals surface area (Å²) in [5.74, 6) is 0.791. The highest BCUT2D eigenvalue weighted by atomic mass is 35.5. The highest BCUT2D eigenvalue weighted by molar-refractivity contribution is 6.30. The van der Waals surface area contributed by atoms with Gasteiger partial charge in [-0.2, -0.15) is 0 Å². The molecule has 4 heteroatoms. The third-order valence-corrected chi connectivity index (χ3v) is 6.77. The second-order valence-corrected chi connectivity index (χ2v) is 9.00. The van der Waals surface area contributed by atoms with E-state index < -0.39 is 5.60 Å². The lowest BCUT2D eigenvalue weighted by molar-refractivity contribution is 0.125. The molecule has 0 fully saturated rings. The molecule has 0 aliphatic rings. The van der Waals surface area contributed by atoms with Gasteiger partial charge in [-0.05, 0) is 65.2 Å². The highest BCUT2D eigenvalue weighted by Crippen LogP contribution is 2.38. The zero-order valence-electron chi connectivity index (χ0n) is 20.3. The van der Waals surface area contributed by atoms with Gasteiger partial charge in [0, 0.05) is 11.6 Å². The maximum absolute atomic E-state index is 12.2. The summed E-state index contributed by atoms with van der Waals surface area (Å²) in [7, 11) is 0. The fourth-order valence-corrected chi connectivity index (χ4v) is 4.48. The Hall–Kier alpha value is -3.11. The van der Waals surface area contributed by atoms with Crippen molar-refractivity contribution >= 4 is 11.6 Å². The summed E-state index contributed by atoms with van der Waals surface area (Å²) in [6.07, 6.45) is 0. The van der Waals surface area contributed by atoms with E-state index in [-0.39, 0.29) is 0 Å². The van der Waals surface area contributed by atoms with Gasteiger partial charge in [-0.15, -0.1) is 0 Å². The van der Waals surface area contributed by atoms with Gasteiger partial charge >= 0.3 is 0 Å². The van der Waals surface area contributed by atoms with E-state index in [1.54, 1.807) is 0 Å². The van der Waals surface area contributed by atoms with E-state index in [0.29, 0.717) is 11.6 Å². The third kappa shape index (κ3) is 5.76. The van der Waals surface area contributed by atoms with E-state index in [2.05, 4.69) is 43.0 Å². The molecule has 35 heavy (non-hydrogen) atoms. The maximum atomic E-state index is 12.2. The van der Waals surface area contributed by atoms with Crippen molar-refractivity contribution < 1.29 is 9.84 Å². The van der Waals surface area contributed by atoms with Gasteiger partial charge in [0.05, 0.1) is 0 Å². The number of ether oxygens (including phenoxy) is 1. The number of halogens is 1. The molecule has 0 radical (unpaired) electrons. The van der Waals surface area contributed by atoms with E-state index in [4.69, 9.17) is 16.3 Å². The van der Waals surface area contributed by atoms with Crippen LogP contribution in [0, 0.1) is 0 Å². The first-order chi connectivity index (χ1) is 17.0. The Balaban J connectivity index is 1.64. The molecule has 180 valence electrons. The van der Waals surface area contributed by atoms with Crippen LogP contribution in [0.4, 0.5) is 0 Å². The van der Waals surface area contributed by atoms with Crippen molar-refractivity contribution in [2.24, 2.45) is 0 Å². The van der Waals surface area contributed by atoms with Crippen LogP contribution in [-0.2, 0) is 5.60 Å². The van der Waals surface area contributed by atoms with Crippen molar-refractivity contribution in [3.8, 4) is 16.9 Å². The number of hydrogen-bond donors (Lipinski definition) is 1. The molecule has 1 atom stereocenters. The van der Waals surface area contributed by atoms with Crippen LogP contribution in [0.25, 0.3) is 11.1 Å². The number of likely N-dealkylation sites (N-methyl/N-ethyl adjacent to an activating group) is 1. The van der Waals surface area contributed by atoms with E-state index in [1.165, 1.54) is 0 Å². The fraction of sp³-hybridized carbons (Fsp3) is 0.226. The summed E-state index contributed by atoms with van der Waals surface area (Å²) in [6.45, 7) is 7.84. The molecule has 0 amide bonds. The summed E-state index contributed by atoms with van der Waals surface area (Å²) in [6, 6.07) is 33.4. The molecular formula is C31H32ClNO2. The Kier molecular flexibility index (Phi) is 8.25. The molecule has 0 saturated heterocycles. The van der Waals surface area contributed by atoms with Gasteiger partial charge in [-0.1, -0.05) is 104 Å². The van der Waals surface area contributed by atoms with Crippen LogP contribution < -0.4 is 4.74 Å². The molecule has 3 nitrogen and oxygen atoms in total. The second kappa shape index (κ2) is 11.5. The Bertz CT molecular complexity index is 1190. The van der Waals surface area contributed by atoms with Crippen LogP contribution in [0.3, 0.4) is 0 Å². The van der Waals surface area contributed by atoms with Gasteiger partial charge in [-0.25, -0.2) is 0 Å². The number of hydrogen-bond acceptors (Lipinski definition) is 3. The molecule has 0 aromatic heterocycles. The first-order valence-corrected chi connectivity index (χ1v) is 12.5. The maximum Gasteiger partial charge on any atom is 0.140 e. The molecule has 1 unspecified atom stereocenters. The summed E-state index contributed by atoms with van der Waals surface area (Å²) in [5.41, 5.74) is 3.22. The summed E-state index contributed by atoms with van der Waals surface area (Å²) >= 11 is 6.15. The lowest BCUT2D eigenvalue weighted by atomic mass is 9.80. The second-order valence-electron chi connectivity index (χ2n) is 8.56. The van der Waals surface area contributed by atoms with Crippen molar-refractivity contribution in [1.82, 2.24) is 4.90 Å². The SMILES string of the molecule is CCN(CC)CCOc1ccc(C(O)(c2ccc(Cl)cc2)c2ccc(-c3ccccc3)cc2)cc1. The molecule has 1 N–H and O–H groups in total. The van der Waals surface area contributed by atoms with Crippen LogP contribution in [0.1, 0.15) is 30.5 Å². The molecule has 4 aromatic carbocycles. The first kappa shape index (κ1) is 25.0. The predicted octanol–water partition coefficient (Wildman–Crippen LogP) is 7.01. The molecule has 0 aliphatic carbocycles. The quantitative estimate of drug-likeness (QED) is 0.245. The Morgan fingerprint density at radius 1 is 0.686 bits per heavy atom. The first-order valence-electron chi connectivity index (χ1n) is 12.1. The molecule has 0 aliphatic heterocycles. The molecule has 0 heterocycles. The minimum atomic E-state index is -1.33. The minimum Gasteiger partial charge on any atom is -0.492 e. The molecule has 0 bridgehead atoms. The average Bonchev–Trinajstić information content (AvgIpc) is 2.92. The van der Waals surface area contributed by atoms with Crippen LogP contribution in [0.15, 0.2) is 103 Å². The number of benzene rings is 4. The normalized spacial score (nSPS) is 12.9. The van der Waals surface area contributed by atoms with Crippen molar-refractivity contribution in [1.29, 1.82) is 0 Å². The van der Waals surface area contributed by atoms with Crippen molar-refractivity contribution in [3.63, 3.8) is 0 Å². The fourth-order valence-electron chi connectivity index (χ4n) is 4.35. The Morgan fingerprint density at radius 2 is 1.17 bits per heavy atom. The minimum absolute atomic E-state index is 0.628. The molecule has 0 spiro atoms. The van der Waals surface area contributed by atoms with E-state index >= 15 is 0 Å². The van der Waals surface area contributed by atoms with Crippen molar-refractivity contribution in [3.05, 3.63) is 125 Å².